The fourth-order valence-corrected chi connectivity index (χ4v) is 5.90. The summed E-state index contributed by atoms with van der Waals surface area (Å²) in [5.41, 5.74) is 0.928. The quantitative estimate of drug-likeness (QED) is 0.0644. The van der Waals surface area contributed by atoms with Crippen molar-refractivity contribution < 1.29 is 31.7 Å². The van der Waals surface area contributed by atoms with Gasteiger partial charge in [-0.1, -0.05) is 121 Å². The number of pyridine rings is 1. The molecule has 256 valence electrons. The van der Waals surface area contributed by atoms with Gasteiger partial charge in [0, 0.05) is 25.2 Å². The Balaban J connectivity index is 0.000000537. The van der Waals surface area contributed by atoms with Crippen LogP contribution in [0.25, 0.3) is 0 Å². The number of aryl methyl sites for hydroxylation is 2. The van der Waals surface area contributed by atoms with E-state index in [2.05, 4.69) is 42.1 Å². The molecule has 2 atom stereocenters. The summed E-state index contributed by atoms with van der Waals surface area (Å²) >= 11 is 0. The van der Waals surface area contributed by atoms with E-state index in [1.54, 1.807) is 12.1 Å². The molecule has 0 bridgehead atoms. The number of aromatic nitrogens is 1. The first kappa shape index (κ1) is 39.3. The smallest absolute Gasteiger partial charge is 0.168 e. The largest absolute Gasteiger partial charge is 0.744 e. The Morgan fingerprint density at radius 2 is 1.33 bits per heavy atom. The summed E-state index contributed by atoms with van der Waals surface area (Å²) in [7, 11) is -4.27. The van der Waals surface area contributed by atoms with Crippen LogP contribution in [0.1, 0.15) is 128 Å². The lowest BCUT2D eigenvalue weighted by molar-refractivity contribution is -0.697. The highest BCUT2D eigenvalue weighted by Gasteiger charge is 2.25. The second kappa shape index (κ2) is 25.3. The summed E-state index contributed by atoms with van der Waals surface area (Å²) < 4.78 is 51.0. The van der Waals surface area contributed by atoms with E-state index in [4.69, 9.17) is 14.2 Å². The molecular weight excluding hydrogens is 586 g/mol. The zero-order valence-corrected chi connectivity index (χ0v) is 29.0. The van der Waals surface area contributed by atoms with E-state index in [-0.39, 0.29) is 17.3 Å². The minimum atomic E-state index is -4.27. The fraction of sp³-hybridized carbons (Fsp3) is 0.703. The number of ether oxygens (including phenoxy) is 3. The van der Waals surface area contributed by atoms with Gasteiger partial charge in [-0.25, -0.2) is 13.0 Å². The van der Waals surface area contributed by atoms with Crippen LogP contribution in [0.15, 0.2) is 59.8 Å². The van der Waals surface area contributed by atoms with E-state index in [1.807, 2.05) is 6.92 Å². The van der Waals surface area contributed by atoms with Gasteiger partial charge in [0.15, 0.2) is 18.7 Å². The van der Waals surface area contributed by atoms with Crippen LogP contribution in [-0.2, 0) is 30.9 Å². The summed E-state index contributed by atoms with van der Waals surface area (Å²) in [6.07, 6.45) is 28.6. The van der Waals surface area contributed by atoms with Crippen LogP contribution in [0, 0.1) is 6.92 Å². The molecule has 0 saturated carbocycles. The molecule has 1 fully saturated rings. The first-order chi connectivity index (χ1) is 21.9. The van der Waals surface area contributed by atoms with E-state index >= 15 is 0 Å². The van der Waals surface area contributed by atoms with Crippen LogP contribution in [0.4, 0.5) is 0 Å². The summed E-state index contributed by atoms with van der Waals surface area (Å²) in [4.78, 5) is -0.178. The summed E-state index contributed by atoms with van der Waals surface area (Å²) in [6, 6.07) is 12.0. The van der Waals surface area contributed by atoms with Gasteiger partial charge in [-0.3, -0.25) is 0 Å². The molecule has 7 nitrogen and oxygen atoms in total. The molecule has 0 unspecified atom stereocenters. The molecule has 2 heterocycles. The third-order valence-corrected chi connectivity index (χ3v) is 9.05. The van der Waals surface area contributed by atoms with Gasteiger partial charge in [-0.2, -0.15) is 0 Å². The number of unbranched alkanes of at least 4 members (excludes halogenated alkanes) is 15. The van der Waals surface area contributed by atoms with Crippen molar-refractivity contribution in [3.63, 3.8) is 0 Å². The molecule has 1 aromatic heterocycles. The molecule has 1 aliphatic rings. The number of hydrogen-bond acceptors (Lipinski definition) is 6. The molecule has 45 heavy (non-hydrogen) atoms. The minimum Gasteiger partial charge on any atom is -0.744 e. The maximum absolute atomic E-state index is 10.4. The highest BCUT2D eigenvalue weighted by molar-refractivity contribution is 7.85. The van der Waals surface area contributed by atoms with Gasteiger partial charge in [0.2, 0.25) is 0 Å². The number of hydrogen-bond donors (Lipinski definition) is 0. The maximum atomic E-state index is 10.4. The first-order valence-electron chi connectivity index (χ1n) is 17.7. The van der Waals surface area contributed by atoms with Gasteiger partial charge in [-0.05, 0) is 38.3 Å². The lowest BCUT2D eigenvalue weighted by Crippen LogP contribution is -2.32. The summed E-state index contributed by atoms with van der Waals surface area (Å²) in [5.74, 6) is 0. The van der Waals surface area contributed by atoms with Crippen LogP contribution in [0.2, 0.25) is 0 Å². The fourth-order valence-electron chi connectivity index (χ4n) is 5.43. The number of benzene rings is 1. The summed E-state index contributed by atoms with van der Waals surface area (Å²) in [5, 5.41) is 0. The monoisotopic (exact) mass is 647 g/mol. The second-order valence-corrected chi connectivity index (χ2v) is 13.8. The Morgan fingerprint density at radius 1 is 0.778 bits per heavy atom. The molecule has 0 radical (unpaired) electrons. The Morgan fingerprint density at radius 3 is 1.89 bits per heavy atom. The van der Waals surface area contributed by atoms with Crippen molar-refractivity contribution in [3.8, 4) is 0 Å². The van der Waals surface area contributed by atoms with Crippen LogP contribution < -0.4 is 4.57 Å². The predicted octanol–water partition coefficient (Wildman–Crippen LogP) is 8.67. The normalized spacial score (nSPS) is 16.4. The molecular formula is C37H61NO6S. The Kier molecular flexibility index (Phi) is 22.1. The molecule has 1 aliphatic heterocycles. The van der Waals surface area contributed by atoms with Crippen molar-refractivity contribution in [1.82, 2.24) is 0 Å². The molecule has 0 spiro atoms. The molecule has 8 heteroatoms. The van der Waals surface area contributed by atoms with Crippen molar-refractivity contribution >= 4 is 10.1 Å². The van der Waals surface area contributed by atoms with Gasteiger partial charge in [-0.15, -0.1) is 0 Å². The molecule has 1 saturated heterocycles. The van der Waals surface area contributed by atoms with Gasteiger partial charge < -0.3 is 18.8 Å². The topological polar surface area (TPSA) is 88.8 Å². The van der Waals surface area contributed by atoms with E-state index in [0.717, 1.165) is 38.0 Å². The van der Waals surface area contributed by atoms with Crippen LogP contribution in [0.5, 0.6) is 0 Å². The minimum absolute atomic E-state index is 0.00921. The van der Waals surface area contributed by atoms with Crippen LogP contribution in [0.3, 0.4) is 0 Å². The van der Waals surface area contributed by atoms with Crippen molar-refractivity contribution in [2.24, 2.45) is 0 Å². The van der Waals surface area contributed by atoms with Crippen LogP contribution in [-0.4, -0.2) is 45.2 Å². The van der Waals surface area contributed by atoms with E-state index in [9.17, 15) is 13.0 Å². The summed E-state index contributed by atoms with van der Waals surface area (Å²) in [6.45, 7) is 7.31. The van der Waals surface area contributed by atoms with Crippen molar-refractivity contribution in [2.75, 3.05) is 19.8 Å². The predicted molar refractivity (Wildman–Crippen MR) is 180 cm³/mol. The Hall–Kier alpha value is -1.84. The van der Waals surface area contributed by atoms with Crippen molar-refractivity contribution in [1.29, 1.82) is 0 Å². The first-order valence-corrected chi connectivity index (χ1v) is 19.1. The van der Waals surface area contributed by atoms with Gasteiger partial charge in [0.1, 0.15) is 22.8 Å². The molecule has 0 N–H and O–H groups in total. The van der Waals surface area contributed by atoms with Gasteiger partial charge in [0.05, 0.1) is 18.1 Å². The standard InChI is InChI=1S/C30H54NO3.C7H8O3S/c1-2-3-4-5-6-7-8-9-10-11-12-13-14-15-17-22-30-33-28-29(34-30)27-32-26-21-20-25-31-23-18-16-19-24-31;1-6-2-4-7(5-3-6)11(8,9)10/h16,18-19,23-24,29-30H,2-15,17,20-22,25-28H2,1H3;2-5H,1H3,(H,8,9,10)/q+1;/p-1/t29-,30-;/m1./s1. The molecule has 0 aliphatic carbocycles. The average molecular weight is 648 g/mol. The molecule has 2 aromatic rings. The zero-order valence-electron chi connectivity index (χ0n) is 28.2. The highest BCUT2D eigenvalue weighted by Crippen LogP contribution is 2.19. The Labute approximate surface area is 274 Å². The number of nitrogens with zero attached hydrogens (tertiary/aromatic N) is 1. The molecule has 3 rings (SSSR count). The third-order valence-electron chi connectivity index (χ3n) is 8.20. The Bertz CT molecular complexity index is 1060. The van der Waals surface area contributed by atoms with E-state index < -0.39 is 10.1 Å². The second-order valence-electron chi connectivity index (χ2n) is 12.4. The van der Waals surface area contributed by atoms with Gasteiger partial charge >= 0.3 is 0 Å². The third kappa shape index (κ3) is 20.8. The zero-order chi connectivity index (χ0) is 32.4. The lowest BCUT2D eigenvalue weighted by atomic mass is 10.0. The highest BCUT2D eigenvalue weighted by atomic mass is 32.2. The van der Waals surface area contributed by atoms with Crippen molar-refractivity contribution in [2.45, 2.75) is 153 Å². The lowest BCUT2D eigenvalue weighted by Gasteiger charge is -2.12. The number of rotatable bonds is 24. The molecule has 1 aromatic carbocycles. The molecule has 0 amide bonds. The average Bonchev–Trinajstić information content (AvgIpc) is 3.49. The van der Waals surface area contributed by atoms with E-state index in [1.165, 1.54) is 108 Å². The maximum Gasteiger partial charge on any atom is 0.168 e. The SMILES string of the molecule is CCCCCCCCCCCCCCCCC[C@@H]1OC[C@@H](COCCCC[n+]2ccccc2)O1.Cc1ccc(S(=O)(=O)[O-])cc1. The van der Waals surface area contributed by atoms with Crippen molar-refractivity contribution in [3.05, 3.63) is 60.4 Å². The van der Waals surface area contributed by atoms with E-state index in [0.29, 0.717) is 13.2 Å². The van der Waals surface area contributed by atoms with Gasteiger partial charge in [0.25, 0.3) is 0 Å². The van der Waals surface area contributed by atoms with Crippen LogP contribution >= 0.6 is 0 Å².